The smallest absolute Gasteiger partial charge is 0.339 e. The molecular formula is C14H19BrClNO2. The summed E-state index contributed by atoms with van der Waals surface area (Å²) in [4.78, 5) is 14.3. The van der Waals surface area contributed by atoms with E-state index in [1.807, 2.05) is 25.1 Å². The Morgan fingerprint density at radius 1 is 1.37 bits per heavy atom. The van der Waals surface area contributed by atoms with Crippen molar-refractivity contribution < 1.29 is 9.53 Å². The molecule has 106 valence electrons. The van der Waals surface area contributed by atoms with E-state index in [4.69, 9.17) is 4.74 Å². The minimum Gasteiger partial charge on any atom is -0.458 e. The van der Waals surface area contributed by atoms with Gasteiger partial charge in [0.25, 0.3) is 0 Å². The Morgan fingerprint density at radius 2 is 2.00 bits per heavy atom. The number of carbonyl (C=O) groups is 1. The van der Waals surface area contributed by atoms with Crippen molar-refractivity contribution in [3.63, 3.8) is 0 Å². The maximum Gasteiger partial charge on any atom is 0.339 e. The van der Waals surface area contributed by atoms with Gasteiger partial charge in [-0.15, -0.1) is 12.4 Å². The van der Waals surface area contributed by atoms with Crippen molar-refractivity contribution in [2.45, 2.75) is 25.9 Å². The topological polar surface area (TPSA) is 29.5 Å². The Morgan fingerprint density at radius 3 is 2.63 bits per heavy atom. The normalized spacial score (nSPS) is 16.7. The van der Waals surface area contributed by atoms with Crippen LogP contribution in [0.4, 0.5) is 0 Å². The summed E-state index contributed by atoms with van der Waals surface area (Å²) in [6, 6.07) is 7.34. The van der Waals surface area contributed by atoms with Gasteiger partial charge in [0.05, 0.1) is 5.56 Å². The predicted octanol–water partition coefficient (Wildman–Crippen LogP) is 3.51. The number of hydrogen-bond acceptors (Lipinski definition) is 3. The molecule has 2 rings (SSSR count). The molecule has 5 heteroatoms. The summed E-state index contributed by atoms with van der Waals surface area (Å²) < 4.78 is 6.25. The summed E-state index contributed by atoms with van der Waals surface area (Å²) in [5.74, 6) is -0.255. The van der Waals surface area contributed by atoms with Gasteiger partial charge < -0.3 is 4.74 Å². The number of halogens is 2. The van der Waals surface area contributed by atoms with Gasteiger partial charge in [-0.3, -0.25) is 4.90 Å². The lowest BCUT2D eigenvalue weighted by Crippen LogP contribution is -2.31. The van der Waals surface area contributed by atoms with Gasteiger partial charge >= 0.3 is 5.97 Å². The van der Waals surface area contributed by atoms with Gasteiger partial charge in [-0.25, -0.2) is 4.79 Å². The number of esters is 1. The maximum absolute atomic E-state index is 12.0. The molecule has 1 fully saturated rings. The highest BCUT2D eigenvalue weighted by Crippen LogP contribution is 2.18. The van der Waals surface area contributed by atoms with E-state index in [0.29, 0.717) is 5.56 Å². The summed E-state index contributed by atoms with van der Waals surface area (Å²) in [5, 5.41) is 0. The minimum absolute atomic E-state index is 0. The molecule has 0 bridgehead atoms. The Labute approximate surface area is 128 Å². The van der Waals surface area contributed by atoms with Crippen LogP contribution in [-0.2, 0) is 4.74 Å². The first kappa shape index (κ1) is 16.5. The van der Waals surface area contributed by atoms with Gasteiger partial charge in [-0.2, -0.15) is 0 Å². The van der Waals surface area contributed by atoms with Crippen molar-refractivity contribution in [1.29, 1.82) is 0 Å². The highest BCUT2D eigenvalue weighted by molar-refractivity contribution is 9.10. The maximum atomic E-state index is 12.0. The summed E-state index contributed by atoms with van der Waals surface area (Å²) in [6.45, 7) is 5.02. The summed E-state index contributed by atoms with van der Waals surface area (Å²) in [5.41, 5.74) is 0.589. The monoisotopic (exact) mass is 347 g/mol. The molecule has 1 atom stereocenters. The Hall–Kier alpha value is -0.580. The number of hydrogen-bond donors (Lipinski definition) is 0. The molecule has 1 heterocycles. The molecule has 0 spiro atoms. The Bertz CT molecular complexity index is 422. The van der Waals surface area contributed by atoms with E-state index in [9.17, 15) is 4.79 Å². The molecule has 0 aromatic heterocycles. The van der Waals surface area contributed by atoms with Crippen molar-refractivity contribution in [3.8, 4) is 0 Å². The van der Waals surface area contributed by atoms with E-state index in [0.717, 1.165) is 24.1 Å². The van der Waals surface area contributed by atoms with E-state index >= 15 is 0 Å². The molecule has 1 aromatic rings. The van der Waals surface area contributed by atoms with Crippen LogP contribution in [0.3, 0.4) is 0 Å². The summed E-state index contributed by atoms with van der Waals surface area (Å²) in [7, 11) is 0. The quantitative estimate of drug-likeness (QED) is 0.780. The third-order valence-electron chi connectivity index (χ3n) is 3.12. The predicted molar refractivity (Wildman–Crippen MR) is 81.9 cm³/mol. The first-order chi connectivity index (χ1) is 8.66. The van der Waals surface area contributed by atoms with E-state index < -0.39 is 0 Å². The minimum atomic E-state index is -0.255. The molecule has 1 aromatic carbocycles. The fourth-order valence-electron chi connectivity index (χ4n) is 2.24. The van der Waals surface area contributed by atoms with Crippen molar-refractivity contribution in [2.24, 2.45) is 0 Å². The Kier molecular flexibility index (Phi) is 6.83. The first-order valence-electron chi connectivity index (χ1n) is 6.34. The third-order valence-corrected chi connectivity index (χ3v) is 3.81. The SMILES string of the molecule is CC(CN1CCCC1)OC(=O)c1ccccc1Br.Cl. The zero-order valence-corrected chi connectivity index (χ0v) is 13.4. The molecule has 0 saturated carbocycles. The number of nitrogens with zero attached hydrogens (tertiary/aromatic N) is 1. The van der Waals surface area contributed by atoms with Crippen LogP contribution >= 0.6 is 28.3 Å². The highest BCUT2D eigenvalue weighted by atomic mass is 79.9. The van der Waals surface area contributed by atoms with Gasteiger partial charge in [0.15, 0.2) is 0 Å². The van der Waals surface area contributed by atoms with Crippen LogP contribution in [0.2, 0.25) is 0 Å². The van der Waals surface area contributed by atoms with E-state index in [1.54, 1.807) is 6.07 Å². The molecule has 0 aliphatic carbocycles. The Balaban J connectivity index is 0.00000180. The second-order valence-electron chi connectivity index (χ2n) is 4.70. The number of benzene rings is 1. The number of carbonyl (C=O) groups excluding carboxylic acids is 1. The van der Waals surface area contributed by atoms with Crippen LogP contribution in [-0.4, -0.2) is 36.6 Å². The molecule has 0 amide bonds. The van der Waals surface area contributed by atoms with Crippen molar-refractivity contribution in [2.75, 3.05) is 19.6 Å². The van der Waals surface area contributed by atoms with Gasteiger partial charge in [0.1, 0.15) is 6.10 Å². The standard InChI is InChI=1S/C14H18BrNO2.ClH/c1-11(10-16-8-4-5-9-16)18-14(17)12-6-2-3-7-13(12)15;/h2-3,6-7,11H,4-5,8-10H2,1H3;1H. The fourth-order valence-corrected chi connectivity index (χ4v) is 2.69. The first-order valence-corrected chi connectivity index (χ1v) is 7.14. The zero-order valence-electron chi connectivity index (χ0n) is 11.0. The second-order valence-corrected chi connectivity index (χ2v) is 5.56. The van der Waals surface area contributed by atoms with Crippen LogP contribution < -0.4 is 0 Å². The van der Waals surface area contributed by atoms with Crippen LogP contribution in [0, 0.1) is 0 Å². The van der Waals surface area contributed by atoms with E-state index in [1.165, 1.54) is 12.8 Å². The average molecular weight is 349 g/mol. The lowest BCUT2D eigenvalue weighted by molar-refractivity contribution is 0.0270. The van der Waals surface area contributed by atoms with Gasteiger partial charge in [0.2, 0.25) is 0 Å². The second kappa shape index (κ2) is 7.88. The van der Waals surface area contributed by atoms with Crippen LogP contribution in [0.15, 0.2) is 28.7 Å². The summed E-state index contributed by atoms with van der Waals surface area (Å²) in [6.07, 6.45) is 2.44. The van der Waals surface area contributed by atoms with Crippen molar-refractivity contribution >= 4 is 34.3 Å². The lowest BCUT2D eigenvalue weighted by Gasteiger charge is -2.20. The fraction of sp³-hybridized carbons (Fsp3) is 0.500. The zero-order chi connectivity index (χ0) is 13.0. The van der Waals surface area contributed by atoms with E-state index in [-0.39, 0.29) is 24.5 Å². The third kappa shape index (κ3) is 4.79. The molecule has 0 radical (unpaired) electrons. The van der Waals surface area contributed by atoms with Gasteiger partial charge in [0, 0.05) is 11.0 Å². The van der Waals surface area contributed by atoms with Crippen LogP contribution in [0.25, 0.3) is 0 Å². The van der Waals surface area contributed by atoms with Crippen LogP contribution in [0.5, 0.6) is 0 Å². The average Bonchev–Trinajstić information content (AvgIpc) is 2.82. The number of likely N-dealkylation sites (tertiary alicyclic amines) is 1. The molecule has 1 saturated heterocycles. The molecule has 1 aliphatic heterocycles. The van der Waals surface area contributed by atoms with Crippen LogP contribution in [0.1, 0.15) is 30.1 Å². The molecule has 19 heavy (non-hydrogen) atoms. The number of ether oxygens (including phenoxy) is 1. The van der Waals surface area contributed by atoms with Crippen molar-refractivity contribution in [1.82, 2.24) is 4.90 Å². The summed E-state index contributed by atoms with van der Waals surface area (Å²) >= 11 is 3.36. The molecular weight excluding hydrogens is 330 g/mol. The molecule has 1 unspecified atom stereocenters. The highest BCUT2D eigenvalue weighted by Gasteiger charge is 2.18. The van der Waals surface area contributed by atoms with Gasteiger partial charge in [-0.05, 0) is 60.9 Å². The van der Waals surface area contributed by atoms with E-state index in [2.05, 4.69) is 20.8 Å². The lowest BCUT2D eigenvalue weighted by atomic mass is 10.2. The molecule has 0 N–H and O–H groups in total. The largest absolute Gasteiger partial charge is 0.458 e. The van der Waals surface area contributed by atoms with Gasteiger partial charge in [-0.1, -0.05) is 12.1 Å². The molecule has 3 nitrogen and oxygen atoms in total. The van der Waals surface area contributed by atoms with Crippen molar-refractivity contribution in [3.05, 3.63) is 34.3 Å². The number of rotatable bonds is 4. The molecule has 1 aliphatic rings.